The molecule has 2 aliphatic rings. The van der Waals surface area contributed by atoms with Crippen LogP contribution in [0.1, 0.15) is 25.7 Å². The minimum atomic E-state index is -0.861. The predicted molar refractivity (Wildman–Crippen MR) is 90.9 cm³/mol. The van der Waals surface area contributed by atoms with Gasteiger partial charge in [-0.3, -0.25) is 4.79 Å². The Balaban J connectivity index is 1.62. The van der Waals surface area contributed by atoms with Gasteiger partial charge in [0.1, 0.15) is 5.69 Å². The topological polar surface area (TPSA) is 67.2 Å². The molecule has 23 heavy (non-hydrogen) atoms. The largest absolute Gasteiger partial charge is 0.388 e. The molecular formula is C16H18ClN3O2S. The molecule has 2 aromatic heterocycles. The first-order valence-electron chi connectivity index (χ1n) is 7.83. The van der Waals surface area contributed by atoms with E-state index in [0.717, 1.165) is 17.7 Å². The number of nitrogens with one attached hydrogen (secondary N) is 1. The van der Waals surface area contributed by atoms with Crippen molar-refractivity contribution in [3.05, 3.63) is 39.0 Å². The molecule has 4 rings (SSSR count). The summed E-state index contributed by atoms with van der Waals surface area (Å²) >= 11 is 7.40. The summed E-state index contributed by atoms with van der Waals surface area (Å²) in [5, 5.41) is 18.9. The van der Waals surface area contributed by atoms with Crippen LogP contribution in [0.3, 0.4) is 0 Å². The van der Waals surface area contributed by atoms with Gasteiger partial charge in [-0.25, -0.2) is 4.68 Å². The minimum Gasteiger partial charge on any atom is -0.388 e. The maximum Gasteiger partial charge on any atom is 0.266 e. The van der Waals surface area contributed by atoms with Crippen molar-refractivity contribution in [2.45, 2.75) is 49.9 Å². The van der Waals surface area contributed by atoms with Crippen molar-refractivity contribution in [3.63, 3.8) is 0 Å². The van der Waals surface area contributed by atoms with E-state index in [1.807, 2.05) is 12.1 Å². The summed E-state index contributed by atoms with van der Waals surface area (Å²) in [7, 11) is 0. The Morgan fingerprint density at radius 3 is 2.70 bits per heavy atom. The molecule has 0 aromatic carbocycles. The van der Waals surface area contributed by atoms with Gasteiger partial charge in [0.15, 0.2) is 0 Å². The predicted octanol–water partition coefficient (Wildman–Crippen LogP) is 2.27. The molecule has 2 N–H and O–H groups in total. The molecule has 4 heterocycles. The lowest BCUT2D eigenvalue weighted by molar-refractivity contribution is -0.0249. The highest BCUT2D eigenvalue weighted by Crippen LogP contribution is 2.35. The number of fused-ring (bicyclic) bond motifs is 2. The number of aliphatic hydroxyl groups is 1. The summed E-state index contributed by atoms with van der Waals surface area (Å²) < 4.78 is 2.08. The number of nitrogens with zero attached hydrogens (tertiary/aromatic N) is 2. The van der Waals surface area contributed by atoms with Crippen molar-refractivity contribution in [2.75, 3.05) is 0 Å². The van der Waals surface area contributed by atoms with Crippen LogP contribution in [0, 0.1) is 0 Å². The molecule has 0 aliphatic carbocycles. The molecule has 0 radical (unpaired) electrons. The average Bonchev–Trinajstić information content (AvgIpc) is 3.07. The van der Waals surface area contributed by atoms with Crippen LogP contribution in [0.15, 0.2) is 29.1 Å². The van der Waals surface area contributed by atoms with Crippen molar-refractivity contribution in [2.24, 2.45) is 0 Å². The van der Waals surface area contributed by atoms with Gasteiger partial charge in [-0.2, -0.15) is 5.10 Å². The zero-order valence-electron chi connectivity index (χ0n) is 12.5. The van der Waals surface area contributed by atoms with Crippen molar-refractivity contribution in [1.29, 1.82) is 0 Å². The molecule has 2 fully saturated rings. The number of rotatable bonds is 3. The fourth-order valence-corrected chi connectivity index (χ4v) is 4.79. The van der Waals surface area contributed by atoms with E-state index in [1.54, 1.807) is 6.07 Å². The van der Waals surface area contributed by atoms with Crippen LogP contribution in [0.5, 0.6) is 0 Å². The van der Waals surface area contributed by atoms with Crippen molar-refractivity contribution < 1.29 is 5.11 Å². The van der Waals surface area contributed by atoms with E-state index < -0.39 is 5.60 Å². The van der Waals surface area contributed by atoms with Crippen LogP contribution in [0.4, 0.5) is 0 Å². The number of aromatic nitrogens is 2. The Morgan fingerprint density at radius 2 is 2.04 bits per heavy atom. The first-order chi connectivity index (χ1) is 11.0. The number of piperidine rings is 1. The lowest BCUT2D eigenvalue weighted by atomic mass is 9.87. The van der Waals surface area contributed by atoms with E-state index in [0.29, 0.717) is 35.0 Å². The lowest BCUT2D eigenvalue weighted by Crippen LogP contribution is -2.51. The standard InChI is InChI=1S/C16H18ClN3O2S/c17-14-5-4-13(23-14)12-3-6-15(21)20(19-12)9-16(22)7-10-1-2-11(8-16)18-10/h3-6,10-11,18,22H,1-2,7-9H2/t10-,11-/m0/s1. The second kappa shape index (κ2) is 5.70. The summed E-state index contributed by atoms with van der Waals surface area (Å²) in [6.07, 6.45) is 3.55. The summed E-state index contributed by atoms with van der Waals surface area (Å²) in [5.74, 6) is 0. The van der Waals surface area contributed by atoms with E-state index in [2.05, 4.69) is 10.4 Å². The fraction of sp³-hybridized carbons (Fsp3) is 0.500. The molecular weight excluding hydrogens is 334 g/mol. The number of thiophene rings is 1. The van der Waals surface area contributed by atoms with Gasteiger partial charge in [0.2, 0.25) is 0 Å². The quantitative estimate of drug-likeness (QED) is 0.890. The molecule has 5 nitrogen and oxygen atoms in total. The highest BCUT2D eigenvalue weighted by atomic mass is 35.5. The monoisotopic (exact) mass is 351 g/mol. The summed E-state index contributed by atoms with van der Waals surface area (Å²) in [6, 6.07) is 7.63. The van der Waals surface area contributed by atoms with Crippen LogP contribution in [0.25, 0.3) is 10.6 Å². The highest BCUT2D eigenvalue weighted by Gasteiger charge is 2.42. The van der Waals surface area contributed by atoms with E-state index in [4.69, 9.17) is 11.6 Å². The molecule has 2 aliphatic heterocycles. The fourth-order valence-electron chi connectivity index (χ4n) is 3.78. The van der Waals surface area contributed by atoms with Crippen molar-refractivity contribution >= 4 is 22.9 Å². The summed E-state index contributed by atoms with van der Waals surface area (Å²) in [6.45, 7) is 0.244. The molecule has 2 aromatic rings. The summed E-state index contributed by atoms with van der Waals surface area (Å²) in [4.78, 5) is 13.1. The van der Waals surface area contributed by atoms with Gasteiger partial charge >= 0.3 is 0 Å². The second-order valence-corrected chi connectivity index (χ2v) is 8.30. The molecule has 122 valence electrons. The summed E-state index contributed by atoms with van der Waals surface area (Å²) in [5.41, 5.74) is -0.336. The zero-order valence-corrected chi connectivity index (χ0v) is 14.1. The molecule has 0 amide bonds. The van der Waals surface area contributed by atoms with Crippen LogP contribution in [0.2, 0.25) is 4.34 Å². The number of hydrogen-bond acceptors (Lipinski definition) is 5. The van der Waals surface area contributed by atoms with Gasteiger partial charge in [-0.05, 0) is 43.9 Å². The highest BCUT2D eigenvalue weighted by molar-refractivity contribution is 7.19. The van der Waals surface area contributed by atoms with Gasteiger partial charge in [-0.1, -0.05) is 11.6 Å². The first kappa shape index (κ1) is 15.3. The third-order valence-electron chi connectivity index (χ3n) is 4.72. The van der Waals surface area contributed by atoms with Crippen LogP contribution < -0.4 is 10.9 Å². The number of hydrogen-bond donors (Lipinski definition) is 2. The SMILES string of the molecule is O=c1ccc(-c2ccc(Cl)s2)nn1CC1(O)C[C@@H]2CC[C@@H](C1)N2. The van der Waals surface area contributed by atoms with Gasteiger partial charge in [0.05, 0.1) is 21.4 Å². The Kier molecular flexibility index (Phi) is 3.80. The lowest BCUT2D eigenvalue weighted by Gasteiger charge is -2.37. The number of halogens is 1. The molecule has 2 saturated heterocycles. The zero-order chi connectivity index (χ0) is 16.0. The molecule has 0 unspecified atom stereocenters. The third-order valence-corrected chi connectivity index (χ3v) is 5.98. The Bertz CT molecular complexity index is 776. The molecule has 2 bridgehead atoms. The third kappa shape index (κ3) is 3.08. The maximum atomic E-state index is 12.2. The Hall–Kier alpha value is -1.21. The van der Waals surface area contributed by atoms with Crippen molar-refractivity contribution in [1.82, 2.24) is 15.1 Å². The van der Waals surface area contributed by atoms with Crippen LogP contribution in [-0.2, 0) is 6.54 Å². The Morgan fingerprint density at radius 1 is 1.30 bits per heavy atom. The molecule has 0 spiro atoms. The van der Waals surface area contributed by atoms with E-state index in [1.165, 1.54) is 22.1 Å². The van der Waals surface area contributed by atoms with Crippen LogP contribution in [-0.4, -0.2) is 32.6 Å². The first-order valence-corrected chi connectivity index (χ1v) is 9.03. The van der Waals surface area contributed by atoms with Crippen LogP contribution >= 0.6 is 22.9 Å². The van der Waals surface area contributed by atoms with Gasteiger partial charge in [0.25, 0.3) is 5.56 Å². The molecule has 0 saturated carbocycles. The Labute approximate surface area is 142 Å². The maximum absolute atomic E-state index is 12.2. The average molecular weight is 352 g/mol. The molecule has 7 heteroatoms. The minimum absolute atomic E-state index is 0.185. The van der Waals surface area contributed by atoms with E-state index in [-0.39, 0.29) is 12.1 Å². The molecule has 2 atom stereocenters. The van der Waals surface area contributed by atoms with E-state index >= 15 is 0 Å². The normalized spacial score (nSPS) is 29.8. The smallest absolute Gasteiger partial charge is 0.266 e. The van der Waals surface area contributed by atoms with Gasteiger partial charge in [0, 0.05) is 18.2 Å². The second-order valence-electron chi connectivity index (χ2n) is 6.59. The van der Waals surface area contributed by atoms with Crippen molar-refractivity contribution in [3.8, 4) is 10.6 Å². The van der Waals surface area contributed by atoms with E-state index in [9.17, 15) is 9.90 Å². The van der Waals surface area contributed by atoms with Gasteiger partial charge in [-0.15, -0.1) is 11.3 Å². The van der Waals surface area contributed by atoms with Gasteiger partial charge < -0.3 is 10.4 Å².